The molecule has 118 valence electrons. The lowest BCUT2D eigenvalue weighted by Crippen LogP contribution is -2.45. The Kier molecular flexibility index (Phi) is 5.18. The van der Waals surface area contributed by atoms with Crippen LogP contribution in [-0.2, 0) is 13.1 Å². The SMILES string of the molecule is COc1ccc(Br)cc1CN1CCN(Cc2ccco2)CC1. The van der Waals surface area contributed by atoms with Gasteiger partial charge in [-0.1, -0.05) is 15.9 Å². The van der Waals surface area contributed by atoms with E-state index in [-0.39, 0.29) is 0 Å². The molecule has 0 N–H and O–H groups in total. The van der Waals surface area contributed by atoms with E-state index in [1.54, 1.807) is 13.4 Å². The standard InChI is InChI=1S/C17H21BrN2O2/c1-21-17-5-4-15(18)11-14(17)12-19-6-8-20(9-7-19)13-16-3-2-10-22-16/h2-5,10-11H,6-9,12-13H2,1H3. The second-order valence-corrected chi connectivity index (χ2v) is 6.50. The van der Waals surface area contributed by atoms with E-state index in [1.807, 2.05) is 24.3 Å². The van der Waals surface area contributed by atoms with Crippen LogP contribution >= 0.6 is 15.9 Å². The van der Waals surface area contributed by atoms with Gasteiger partial charge in [0.25, 0.3) is 0 Å². The number of halogens is 1. The van der Waals surface area contributed by atoms with E-state index in [1.165, 1.54) is 5.56 Å². The number of piperazine rings is 1. The van der Waals surface area contributed by atoms with Crippen molar-refractivity contribution in [3.63, 3.8) is 0 Å². The summed E-state index contributed by atoms with van der Waals surface area (Å²) in [5.74, 6) is 2.00. The first-order chi connectivity index (χ1) is 10.7. The van der Waals surface area contributed by atoms with Gasteiger partial charge in [0.15, 0.2) is 0 Å². The van der Waals surface area contributed by atoms with Crippen molar-refractivity contribution in [3.05, 3.63) is 52.4 Å². The summed E-state index contributed by atoms with van der Waals surface area (Å²) in [6, 6.07) is 10.2. The first-order valence-electron chi connectivity index (χ1n) is 7.54. The molecule has 0 unspecified atom stereocenters. The number of benzene rings is 1. The molecular weight excluding hydrogens is 344 g/mol. The van der Waals surface area contributed by atoms with Crippen molar-refractivity contribution in [1.82, 2.24) is 9.80 Å². The molecule has 2 heterocycles. The molecule has 0 bridgehead atoms. The zero-order chi connectivity index (χ0) is 15.4. The summed E-state index contributed by atoms with van der Waals surface area (Å²) >= 11 is 3.54. The van der Waals surface area contributed by atoms with Crippen LogP contribution in [0.2, 0.25) is 0 Å². The van der Waals surface area contributed by atoms with E-state index in [2.05, 4.69) is 31.8 Å². The molecule has 5 heteroatoms. The molecule has 1 aliphatic heterocycles. The van der Waals surface area contributed by atoms with Crippen LogP contribution in [0.15, 0.2) is 45.5 Å². The second kappa shape index (κ2) is 7.31. The number of hydrogen-bond acceptors (Lipinski definition) is 4. The van der Waals surface area contributed by atoms with Crippen LogP contribution in [0.4, 0.5) is 0 Å². The molecule has 0 aliphatic carbocycles. The van der Waals surface area contributed by atoms with Crippen molar-refractivity contribution < 1.29 is 9.15 Å². The summed E-state index contributed by atoms with van der Waals surface area (Å²) in [6.07, 6.45) is 1.74. The number of nitrogens with zero attached hydrogens (tertiary/aromatic N) is 2. The van der Waals surface area contributed by atoms with Crippen molar-refractivity contribution >= 4 is 15.9 Å². The average molecular weight is 365 g/mol. The Balaban J connectivity index is 1.54. The zero-order valence-electron chi connectivity index (χ0n) is 12.8. The molecule has 1 aromatic heterocycles. The Morgan fingerprint density at radius 2 is 1.82 bits per heavy atom. The van der Waals surface area contributed by atoms with Crippen molar-refractivity contribution in [2.75, 3.05) is 33.3 Å². The fraction of sp³-hybridized carbons (Fsp3) is 0.412. The number of hydrogen-bond donors (Lipinski definition) is 0. The van der Waals surface area contributed by atoms with Crippen LogP contribution in [0.1, 0.15) is 11.3 Å². The first kappa shape index (κ1) is 15.6. The van der Waals surface area contributed by atoms with Gasteiger partial charge in [0.05, 0.1) is 19.9 Å². The topological polar surface area (TPSA) is 28.9 Å². The lowest BCUT2D eigenvalue weighted by Gasteiger charge is -2.34. The Morgan fingerprint density at radius 1 is 1.09 bits per heavy atom. The normalized spacial score (nSPS) is 16.8. The lowest BCUT2D eigenvalue weighted by atomic mass is 10.1. The van der Waals surface area contributed by atoms with Crippen LogP contribution < -0.4 is 4.74 Å². The molecule has 22 heavy (non-hydrogen) atoms. The molecule has 1 aromatic carbocycles. The van der Waals surface area contributed by atoms with Gasteiger partial charge in [-0.25, -0.2) is 0 Å². The van der Waals surface area contributed by atoms with Crippen molar-refractivity contribution in [2.45, 2.75) is 13.1 Å². The molecule has 0 amide bonds. The van der Waals surface area contributed by atoms with Gasteiger partial charge >= 0.3 is 0 Å². The lowest BCUT2D eigenvalue weighted by molar-refractivity contribution is 0.115. The predicted molar refractivity (Wildman–Crippen MR) is 90.0 cm³/mol. The highest BCUT2D eigenvalue weighted by Crippen LogP contribution is 2.24. The maximum absolute atomic E-state index is 5.46. The number of rotatable bonds is 5. The number of methoxy groups -OCH3 is 1. The molecule has 2 aromatic rings. The molecule has 0 radical (unpaired) electrons. The van der Waals surface area contributed by atoms with Gasteiger partial charge in [-0.15, -0.1) is 0 Å². The Bertz CT molecular complexity index is 593. The predicted octanol–water partition coefficient (Wildman–Crippen LogP) is 3.37. The molecule has 0 atom stereocenters. The minimum atomic E-state index is 0.904. The van der Waals surface area contributed by atoms with E-state index >= 15 is 0 Å². The van der Waals surface area contributed by atoms with Crippen LogP contribution in [-0.4, -0.2) is 43.1 Å². The third kappa shape index (κ3) is 3.91. The summed E-state index contributed by atoms with van der Waals surface area (Å²) < 4.78 is 12.0. The van der Waals surface area contributed by atoms with Gasteiger partial charge in [0.1, 0.15) is 11.5 Å². The highest BCUT2D eigenvalue weighted by atomic mass is 79.9. The second-order valence-electron chi connectivity index (χ2n) is 5.59. The smallest absolute Gasteiger partial charge is 0.123 e. The molecular formula is C17H21BrN2O2. The van der Waals surface area contributed by atoms with E-state index < -0.39 is 0 Å². The molecule has 3 rings (SSSR count). The van der Waals surface area contributed by atoms with Gasteiger partial charge in [-0.05, 0) is 30.3 Å². The Labute approximate surface area is 139 Å². The van der Waals surface area contributed by atoms with E-state index in [0.717, 1.165) is 55.3 Å². The Hall–Kier alpha value is -1.30. The summed E-state index contributed by atoms with van der Waals surface area (Å²) in [5, 5.41) is 0. The number of ether oxygens (including phenoxy) is 1. The van der Waals surface area contributed by atoms with Gasteiger partial charge in [-0.3, -0.25) is 9.80 Å². The van der Waals surface area contributed by atoms with E-state index in [9.17, 15) is 0 Å². The molecule has 1 saturated heterocycles. The van der Waals surface area contributed by atoms with E-state index in [0.29, 0.717) is 0 Å². The van der Waals surface area contributed by atoms with Gasteiger partial charge in [-0.2, -0.15) is 0 Å². The summed E-state index contributed by atoms with van der Waals surface area (Å²) in [7, 11) is 1.73. The first-order valence-corrected chi connectivity index (χ1v) is 8.33. The third-order valence-corrected chi connectivity index (χ3v) is 4.55. The maximum atomic E-state index is 5.46. The van der Waals surface area contributed by atoms with E-state index in [4.69, 9.17) is 9.15 Å². The minimum Gasteiger partial charge on any atom is -0.496 e. The van der Waals surface area contributed by atoms with Gasteiger partial charge in [0, 0.05) is 42.8 Å². The molecule has 0 spiro atoms. The van der Waals surface area contributed by atoms with Gasteiger partial charge in [0.2, 0.25) is 0 Å². The summed E-state index contributed by atoms with van der Waals surface area (Å²) in [6.45, 7) is 6.10. The van der Waals surface area contributed by atoms with Crippen LogP contribution in [0, 0.1) is 0 Å². The van der Waals surface area contributed by atoms with Crippen molar-refractivity contribution in [1.29, 1.82) is 0 Å². The quantitative estimate of drug-likeness (QED) is 0.813. The fourth-order valence-corrected chi connectivity index (χ4v) is 3.25. The third-order valence-electron chi connectivity index (χ3n) is 4.06. The zero-order valence-corrected chi connectivity index (χ0v) is 14.4. The van der Waals surface area contributed by atoms with Crippen molar-refractivity contribution in [3.8, 4) is 5.75 Å². The van der Waals surface area contributed by atoms with Crippen LogP contribution in [0.25, 0.3) is 0 Å². The number of furan rings is 1. The highest BCUT2D eigenvalue weighted by molar-refractivity contribution is 9.10. The fourth-order valence-electron chi connectivity index (χ4n) is 2.84. The molecule has 4 nitrogen and oxygen atoms in total. The molecule has 0 saturated carbocycles. The van der Waals surface area contributed by atoms with Crippen LogP contribution in [0.3, 0.4) is 0 Å². The van der Waals surface area contributed by atoms with Crippen molar-refractivity contribution in [2.24, 2.45) is 0 Å². The average Bonchev–Trinajstić information content (AvgIpc) is 3.02. The summed E-state index contributed by atoms with van der Waals surface area (Å²) in [5.41, 5.74) is 1.23. The van der Waals surface area contributed by atoms with Gasteiger partial charge < -0.3 is 9.15 Å². The largest absolute Gasteiger partial charge is 0.496 e. The maximum Gasteiger partial charge on any atom is 0.123 e. The highest BCUT2D eigenvalue weighted by Gasteiger charge is 2.19. The Morgan fingerprint density at radius 3 is 2.45 bits per heavy atom. The molecule has 1 aliphatic rings. The monoisotopic (exact) mass is 364 g/mol. The summed E-state index contributed by atoms with van der Waals surface area (Å²) in [4.78, 5) is 4.91. The minimum absolute atomic E-state index is 0.904. The van der Waals surface area contributed by atoms with Crippen LogP contribution in [0.5, 0.6) is 5.75 Å². The molecule has 1 fully saturated rings.